The number of hydrogen-bond acceptors (Lipinski definition) is 3. The zero-order chi connectivity index (χ0) is 13.8. The third-order valence-corrected chi connectivity index (χ3v) is 3.40. The van der Waals surface area contributed by atoms with Gasteiger partial charge in [-0.15, -0.1) is 0 Å². The number of nitrogens with zero attached hydrogens (tertiary/aromatic N) is 1. The minimum atomic E-state index is 0.00532. The molecule has 0 unspecified atom stereocenters. The summed E-state index contributed by atoms with van der Waals surface area (Å²) in [6, 6.07) is 3.51. The average Bonchev–Trinajstić information content (AvgIpc) is 2.43. The smallest absolute Gasteiger partial charge is 0.254 e. The van der Waals surface area contributed by atoms with Crippen LogP contribution in [0, 0.1) is 6.92 Å². The van der Waals surface area contributed by atoms with Gasteiger partial charge in [0.2, 0.25) is 0 Å². The number of ether oxygens (including phenoxy) is 2. The van der Waals surface area contributed by atoms with Gasteiger partial charge in [-0.05, 0) is 31.5 Å². The van der Waals surface area contributed by atoms with Crippen molar-refractivity contribution < 1.29 is 14.3 Å². The average molecular weight is 284 g/mol. The first-order valence-electron chi connectivity index (χ1n) is 6.43. The molecule has 5 heteroatoms. The van der Waals surface area contributed by atoms with Crippen LogP contribution in [-0.4, -0.2) is 43.7 Å². The predicted molar refractivity (Wildman–Crippen MR) is 74.1 cm³/mol. The highest BCUT2D eigenvalue weighted by molar-refractivity contribution is 6.32. The van der Waals surface area contributed by atoms with Gasteiger partial charge in [-0.25, -0.2) is 0 Å². The van der Waals surface area contributed by atoms with Crippen LogP contribution in [0.3, 0.4) is 0 Å². The van der Waals surface area contributed by atoms with E-state index in [1.165, 1.54) is 0 Å². The van der Waals surface area contributed by atoms with Crippen molar-refractivity contribution in [3.05, 3.63) is 28.3 Å². The largest absolute Gasteiger partial charge is 0.492 e. The van der Waals surface area contributed by atoms with Gasteiger partial charge in [0.1, 0.15) is 5.75 Å². The highest BCUT2D eigenvalue weighted by atomic mass is 35.5. The van der Waals surface area contributed by atoms with Crippen LogP contribution in [0.2, 0.25) is 5.02 Å². The molecule has 104 valence electrons. The Labute approximate surface area is 118 Å². The van der Waals surface area contributed by atoms with Crippen molar-refractivity contribution in [3.8, 4) is 5.75 Å². The molecule has 0 radical (unpaired) electrons. The van der Waals surface area contributed by atoms with Crippen molar-refractivity contribution in [2.75, 3.05) is 32.9 Å². The van der Waals surface area contributed by atoms with Crippen LogP contribution < -0.4 is 4.74 Å². The molecule has 0 bridgehead atoms. The Morgan fingerprint density at radius 2 is 2.11 bits per heavy atom. The van der Waals surface area contributed by atoms with Gasteiger partial charge in [-0.3, -0.25) is 4.79 Å². The van der Waals surface area contributed by atoms with E-state index in [1.54, 1.807) is 11.0 Å². The van der Waals surface area contributed by atoms with Crippen LogP contribution in [-0.2, 0) is 4.74 Å². The number of hydrogen-bond donors (Lipinski definition) is 0. The molecule has 0 saturated carbocycles. The SMILES string of the molecule is CCOc1cc(C)c(C(=O)N2CCOCC2)cc1Cl. The Morgan fingerprint density at radius 1 is 1.42 bits per heavy atom. The van der Waals surface area contributed by atoms with Gasteiger partial charge >= 0.3 is 0 Å². The summed E-state index contributed by atoms with van der Waals surface area (Å²) in [4.78, 5) is 14.2. The van der Waals surface area contributed by atoms with Gasteiger partial charge in [0.25, 0.3) is 5.91 Å². The van der Waals surface area contributed by atoms with Gasteiger partial charge in [0.05, 0.1) is 24.8 Å². The Kier molecular flexibility index (Phi) is 4.66. The highest BCUT2D eigenvalue weighted by Crippen LogP contribution is 2.29. The molecule has 1 heterocycles. The van der Waals surface area contributed by atoms with E-state index in [0.29, 0.717) is 49.2 Å². The molecule has 1 saturated heterocycles. The van der Waals surface area contributed by atoms with Crippen molar-refractivity contribution in [2.24, 2.45) is 0 Å². The Bertz CT molecular complexity index is 470. The third-order valence-electron chi connectivity index (χ3n) is 3.11. The standard InChI is InChI=1S/C14H18ClNO3/c1-3-19-13-8-10(2)11(9-12(13)15)14(17)16-4-6-18-7-5-16/h8-9H,3-7H2,1-2H3. The van der Waals surface area contributed by atoms with E-state index in [9.17, 15) is 4.79 Å². The molecule has 1 fully saturated rings. The molecule has 1 aliphatic heterocycles. The summed E-state index contributed by atoms with van der Waals surface area (Å²) >= 11 is 6.14. The van der Waals surface area contributed by atoms with Gasteiger partial charge in [-0.2, -0.15) is 0 Å². The van der Waals surface area contributed by atoms with E-state index in [0.717, 1.165) is 5.56 Å². The molecule has 0 aliphatic carbocycles. The number of carbonyl (C=O) groups is 1. The second-order valence-corrected chi connectivity index (χ2v) is 4.84. The zero-order valence-electron chi connectivity index (χ0n) is 11.2. The normalized spacial score (nSPS) is 15.4. The lowest BCUT2D eigenvalue weighted by atomic mass is 10.1. The quantitative estimate of drug-likeness (QED) is 0.856. The maximum absolute atomic E-state index is 12.4. The zero-order valence-corrected chi connectivity index (χ0v) is 12.0. The second-order valence-electron chi connectivity index (χ2n) is 4.44. The third kappa shape index (κ3) is 3.19. The number of amides is 1. The number of carbonyl (C=O) groups excluding carboxylic acids is 1. The molecular formula is C14H18ClNO3. The first-order chi connectivity index (χ1) is 9.13. The van der Waals surface area contributed by atoms with Crippen LogP contribution in [0.25, 0.3) is 0 Å². The van der Waals surface area contributed by atoms with Crippen LogP contribution in [0.5, 0.6) is 5.75 Å². The van der Waals surface area contributed by atoms with Crippen molar-refractivity contribution >= 4 is 17.5 Å². The van der Waals surface area contributed by atoms with E-state index in [-0.39, 0.29) is 5.91 Å². The van der Waals surface area contributed by atoms with Gasteiger partial charge in [0.15, 0.2) is 0 Å². The summed E-state index contributed by atoms with van der Waals surface area (Å²) in [5, 5.41) is 0.476. The molecule has 0 N–H and O–H groups in total. The van der Waals surface area contributed by atoms with Crippen LogP contribution in [0.15, 0.2) is 12.1 Å². The van der Waals surface area contributed by atoms with E-state index >= 15 is 0 Å². The monoisotopic (exact) mass is 283 g/mol. The van der Waals surface area contributed by atoms with Crippen LogP contribution >= 0.6 is 11.6 Å². The molecule has 4 nitrogen and oxygen atoms in total. The summed E-state index contributed by atoms with van der Waals surface area (Å²) in [5.41, 5.74) is 1.51. The van der Waals surface area contributed by atoms with Gasteiger partial charge in [0, 0.05) is 18.7 Å². The fourth-order valence-electron chi connectivity index (χ4n) is 2.09. The predicted octanol–water partition coefficient (Wildman–Crippen LogP) is 2.52. The minimum Gasteiger partial charge on any atom is -0.492 e. The van der Waals surface area contributed by atoms with Crippen LogP contribution in [0.1, 0.15) is 22.8 Å². The van der Waals surface area contributed by atoms with E-state index < -0.39 is 0 Å². The molecular weight excluding hydrogens is 266 g/mol. The first-order valence-corrected chi connectivity index (χ1v) is 6.81. The molecule has 0 spiro atoms. The molecule has 1 aliphatic rings. The van der Waals surface area contributed by atoms with Crippen molar-refractivity contribution in [2.45, 2.75) is 13.8 Å². The Morgan fingerprint density at radius 3 is 2.74 bits per heavy atom. The number of aryl methyl sites for hydroxylation is 1. The highest BCUT2D eigenvalue weighted by Gasteiger charge is 2.21. The number of rotatable bonds is 3. The fraction of sp³-hybridized carbons (Fsp3) is 0.500. The summed E-state index contributed by atoms with van der Waals surface area (Å²) in [7, 11) is 0. The lowest BCUT2D eigenvalue weighted by molar-refractivity contribution is 0.0302. The second kappa shape index (κ2) is 6.26. The molecule has 1 amide bonds. The van der Waals surface area contributed by atoms with Crippen molar-refractivity contribution in [1.29, 1.82) is 0 Å². The summed E-state index contributed by atoms with van der Waals surface area (Å²) in [6.07, 6.45) is 0. The number of benzene rings is 1. The van der Waals surface area contributed by atoms with Gasteiger partial charge in [-0.1, -0.05) is 11.6 Å². The summed E-state index contributed by atoms with van der Waals surface area (Å²) < 4.78 is 10.7. The summed E-state index contributed by atoms with van der Waals surface area (Å²) in [6.45, 7) is 6.79. The molecule has 0 aromatic heterocycles. The van der Waals surface area contributed by atoms with Crippen LogP contribution in [0.4, 0.5) is 0 Å². The Balaban J connectivity index is 2.24. The fourth-order valence-corrected chi connectivity index (χ4v) is 2.31. The lowest BCUT2D eigenvalue weighted by Crippen LogP contribution is -2.40. The van der Waals surface area contributed by atoms with Crippen molar-refractivity contribution in [1.82, 2.24) is 4.90 Å². The topological polar surface area (TPSA) is 38.8 Å². The van der Waals surface area contributed by atoms with E-state index in [4.69, 9.17) is 21.1 Å². The molecule has 2 rings (SSSR count). The first kappa shape index (κ1) is 14.2. The van der Waals surface area contributed by atoms with E-state index in [2.05, 4.69) is 0 Å². The van der Waals surface area contributed by atoms with Crippen molar-refractivity contribution in [3.63, 3.8) is 0 Å². The summed E-state index contributed by atoms with van der Waals surface area (Å²) in [5.74, 6) is 0.631. The molecule has 19 heavy (non-hydrogen) atoms. The molecule has 1 aromatic carbocycles. The minimum absolute atomic E-state index is 0.00532. The Hall–Kier alpha value is -1.26. The number of halogens is 1. The van der Waals surface area contributed by atoms with E-state index in [1.807, 2.05) is 19.9 Å². The lowest BCUT2D eigenvalue weighted by Gasteiger charge is -2.27. The molecule has 1 aromatic rings. The maximum atomic E-state index is 12.4. The molecule has 0 atom stereocenters. The maximum Gasteiger partial charge on any atom is 0.254 e. The van der Waals surface area contributed by atoms with Gasteiger partial charge < -0.3 is 14.4 Å². The number of morpholine rings is 1.